The van der Waals surface area contributed by atoms with Crippen molar-refractivity contribution < 1.29 is 9.66 Å². The van der Waals surface area contributed by atoms with Gasteiger partial charge in [-0.2, -0.15) is 0 Å². The summed E-state index contributed by atoms with van der Waals surface area (Å²) < 4.78 is 5.48. The summed E-state index contributed by atoms with van der Waals surface area (Å²) in [5, 5.41) is 17.5. The van der Waals surface area contributed by atoms with Crippen molar-refractivity contribution in [2.75, 3.05) is 31.6 Å². The molecule has 0 amide bonds. The van der Waals surface area contributed by atoms with Crippen LogP contribution in [0.1, 0.15) is 18.9 Å². The van der Waals surface area contributed by atoms with Crippen LogP contribution in [0, 0.1) is 10.1 Å². The van der Waals surface area contributed by atoms with Crippen molar-refractivity contribution in [2.45, 2.75) is 25.9 Å². The van der Waals surface area contributed by atoms with Crippen LogP contribution in [0.2, 0.25) is 0 Å². The van der Waals surface area contributed by atoms with Crippen molar-refractivity contribution in [3.63, 3.8) is 0 Å². The summed E-state index contributed by atoms with van der Waals surface area (Å²) in [6, 6.07) is 14.8. The summed E-state index contributed by atoms with van der Waals surface area (Å²) in [6.07, 6.45) is 1.000. The zero-order chi connectivity index (χ0) is 20.6. The molecule has 2 N–H and O–H groups in total. The van der Waals surface area contributed by atoms with Gasteiger partial charge < -0.3 is 20.3 Å². The van der Waals surface area contributed by atoms with Gasteiger partial charge in [0.1, 0.15) is 5.75 Å². The second-order valence-corrected chi connectivity index (χ2v) is 6.87. The number of non-ortho nitro benzene ring substituents is 1. The molecule has 1 heterocycles. The number of nitrogens with one attached hydrogen (secondary N) is 2. The first-order valence-corrected chi connectivity index (χ1v) is 9.77. The first-order chi connectivity index (χ1) is 14.1. The Bertz CT molecular complexity index is 854. The minimum Gasteiger partial charge on any atom is -0.495 e. The number of aliphatic imine (C=N–C) groups is 1. The highest BCUT2D eigenvalue weighted by molar-refractivity contribution is 5.80. The summed E-state index contributed by atoms with van der Waals surface area (Å²) in [7, 11) is 1.69. The van der Waals surface area contributed by atoms with E-state index >= 15 is 0 Å². The quantitative estimate of drug-likeness (QED) is 0.323. The molecule has 8 nitrogen and oxygen atoms in total. The molecule has 1 aliphatic rings. The number of guanidine groups is 1. The number of methoxy groups -OCH3 is 1. The van der Waals surface area contributed by atoms with Crippen molar-refractivity contribution >= 4 is 17.3 Å². The smallest absolute Gasteiger partial charge is 0.269 e. The molecule has 2 aromatic carbocycles. The number of hydrogen-bond donors (Lipinski definition) is 2. The van der Waals surface area contributed by atoms with E-state index in [4.69, 9.17) is 4.74 Å². The van der Waals surface area contributed by atoms with Gasteiger partial charge in [-0.15, -0.1) is 0 Å². The first-order valence-electron chi connectivity index (χ1n) is 9.77. The standard InChI is InChI=1S/C21H27N5O3/c1-3-22-21(23-14-16-8-10-18(11-9-16)26(27)28)24-17-12-13-25(15-17)19-6-4-5-7-20(19)29-2/h4-11,17H,3,12-15H2,1-2H3,(H2,22,23,24). The molecular formula is C21H27N5O3. The van der Waals surface area contributed by atoms with Gasteiger partial charge in [0, 0.05) is 37.8 Å². The highest BCUT2D eigenvalue weighted by Gasteiger charge is 2.25. The van der Waals surface area contributed by atoms with Gasteiger partial charge in [-0.1, -0.05) is 24.3 Å². The largest absolute Gasteiger partial charge is 0.495 e. The Morgan fingerprint density at radius 1 is 1.28 bits per heavy atom. The fraction of sp³-hybridized carbons (Fsp3) is 0.381. The maximum Gasteiger partial charge on any atom is 0.269 e. The zero-order valence-corrected chi connectivity index (χ0v) is 16.8. The Morgan fingerprint density at radius 2 is 2.03 bits per heavy atom. The van der Waals surface area contributed by atoms with Crippen LogP contribution in [0.3, 0.4) is 0 Å². The van der Waals surface area contributed by atoms with E-state index in [2.05, 4.69) is 26.6 Å². The minimum atomic E-state index is -0.397. The lowest BCUT2D eigenvalue weighted by atomic mass is 10.2. The lowest BCUT2D eigenvalue weighted by Gasteiger charge is -2.22. The van der Waals surface area contributed by atoms with Gasteiger partial charge in [0.05, 0.1) is 24.3 Å². The monoisotopic (exact) mass is 397 g/mol. The van der Waals surface area contributed by atoms with Crippen molar-refractivity contribution in [1.29, 1.82) is 0 Å². The Labute approximate surface area is 170 Å². The number of para-hydroxylation sites is 2. The lowest BCUT2D eigenvalue weighted by Crippen LogP contribution is -2.44. The second kappa shape index (κ2) is 9.77. The van der Waals surface area contributed by atoms with Crippen LogP contribution in [-0.2, 0) is 6.54 Å². The molecule has 2 aromatic rings. The molecule has 154 valence electrons. The summed E-state index contributed by atoms with van der Waals surface area (Å²) in [5.41, 5.74) is 2.12. The molecule has 0 radical (unpaired) electrons. The van der Waals surface area contributed by atoms with Gasteiger partial charge in [0.25, 0.3) is 5.69 Å². The van der Waals surface area contributed by atoms with E-state index in [-0.39, 0.29) is 11.7 Å². The van der Waals surface area contributed by atoms with E-state index in [1.54, 1.807) is 19.2 Å². The maximum absolute atomic E-state index is 10.8. The molecule has 1 fully saturated rings. The number of nitro groups is 1. The third kappa shape index (κ3) is 5.37. The van der Waals surface area contributed by atoms with Gasteiger partial charge >= 0.3 is 0 Å². The third-order valence-electron chi connectivity index (χ3n) is 4.87. The topological polar surface area (TPSA) is 92.0 Å². The molecular weight excluding hydrogens is 370 g/mol. The third-order valence-corrected chi connectivity index (χ3v) is 4.87. The fourth-order valence-electron chi connectivity index (χ4n) is 3.39. The number of anilines is 1. The van der Waals surface area contributed by atoms with Gasteiger partial charge in [-0.25, -0.2) is 4.99 Å². The maximum atomic E-state index is 10.8. The Balaban J connectivity index is 1.61. The van der Waals surface area contributed by atoms with Crippen LogP contribution in [0.5, 0.6) is 5.75 Å². The number of nitro benzene ring substituents is 1. The van der Waals surface area contributed by atoms with Gasteiger partial charge in [-0.05, 0) is 31.0 Å². The molecule has 0 aliphatic carbocycles. The van der Waals surface area contributed by atoms with Crippen LogP contribution < -0.4 is 20.3 Å². The Hall–Kier alpha value is -3.29. The van der Waals surface area contributed by atoms with E-state index in [9.17, 15) is 10.1 Å². The number of rotatable bonds is 7. The first kappa shape index (κ1) is 20.4. The van der Waals surface area contributed by atoms with Crippen LogP contribution in [-0.4, -0.2) is 43.7 Å². The Kier molecular flexibility index (Phi) is 6.89. The van der Waals surface area contributed by atoms with Gasteiger partial charge in [0.15, 0.2) is 5.96 Å². The average molecular weight is 397 g/mol. The molecule has 1 atom stereocenters. The summed E-state index contributed by atoms with van der Waals surface area (Å²) in [6.45, 7) is 5.05. The average Bonchev–Trinajstić information content (AvgIpc) is 3.20. The molecule has 29 heavy (non-hydrogen) atoms. The molecule has 1 saturated heterocycles. The van der Waals surface area contributed by atoms with E-state index in [1.165, 1.54) is 12.1 Å². The predicted octanol–water partition coefficient (Wildman–Crippen LogP) is 2.94. The van der Waals surface area contributed by atoms with Crippen LogP contribution in [0.4, 0.5) is 11.4 Å². The fourth-order valence-corrected chi connectivity index (χ4v) is 3.39. The summed E-state index contributed by atoms with van der Waals surface area (Å²) >= 11 is 0. The van der Waals surface area contributed by atoms with Crippen molar-refractivity contribution in [1.82, 2.24) is 10.6 Å². The number of nitrogens with zero attached hydrogens (tertiary/aromatic N) is 3. The van der Waals surface area contributed by atoms with Gasteiger partial charge in [-0.3, -0.25) is 10.1 Å². The van der Waals surface area contributed by atoms with Crippen molar-refractivity contribution in [3.05, 3.63) is 64.2 Å². The van der Waals surface area contributed by atoms with E-state index < -0.39 is 4.92 Å². The molecule has 3 rings (SSSR count). The summed E-state index contributed by atoms with van der Waals surface area (Å²) in [4.78, 5) is 17.3. The SMILES string of the molecule is CCNC(=NCc1ccc([N+](=O)[O-])cc1)NC1CCN(c2ccccc2OC)C1. The van der Waals surface area contributed by atoms with E-state index in [0.29, 0.717) is 6.54 Å². The highest BCUT2D eigenvalue weighted by atomic mass is 16.6. The number of benzene rings is 2. The van der Waals surface area contributed by atoms with Gasteiger partial charge in [0.2, 0.25) is 0 Å². The van der Waals surface area contributed by atoms with Crippen molar-refractivity contribution in [2.24, 2.45) is 4.99 Å². The van der Waals surface area contributed by atoms with Crippen molar-refractivity contribution in [3.8, 4) is 5.75 Å². The predicted molar refractivity (Wildman–Crippen MR) is 115 cm³/mol. The normalized spacial score (nSPS) is 16.6. The number of hydrogen-bond acceptors (Lipinski definition) is 5. The molecule has 0 saturated carbocycles. The molecule has 0 bridgehead atoms. The molecule has 1 unspecified atom stereocenters. The zero-order valence-electron chi connectivity index (χ0n) is 16.8. The summed E-state index contributed by atoms with van der Waals surface area (Å²) in [5.74, 6) is 1.63. The Morgan fingerprint density at radius 3 is 2.72 bits per heavy atom. The van der Waals surface area contributed by atoms with Crippen LogP contribution >= 0.6 is 0 Å². The van der Waals surface area contributed by atoms with Crippen LogP contribution in [0.25, 0.3) is 0 Å². The number of ether oxygens (including phenoxy) is 1. The molecule has 0 aromatic heterocycles. The van der Waals surface area contributed by atoms with E-state index in [0.717, 1.165) is 49.0 Å². The molecule has 1 aliphatic heterocycles. The lowest BCUT2D eigenvalue weighted by molar-refractivity contribution is -0.384. The van der Waals surface area contributed by atoms with Crippen LogP contribution in [0.15, 0.2) is 53.5 Å². The minimum absolute atomic E-state index is 0.0881. The molecule has 8 heteroatoms. The van der Waals surface area contributed by atoms with E-state index in [1.807, 2.05) is 25.1 Å². The highest BCUT2D eigenvalue weighted by Crippen LogP contribution is 2.30. The second-order valence-electron chi connectivity index (χ2n) is 6.87. The molecule has 0 spiro atoms.